The van der Waals surface area contributed by atoms with Gasteiger partial charge in [-0.1, -0.05) is 0 Å². The van der Waals surface area contributed by atoms with Gasteiger partial charge in [-0.2, -0.15) is 4.98 Å². The summed E-state index contributed by atoms with van der Waals surface area (Å²) in [5.74, 6) is -1.17. The van der Waals surface area contributed by atoms with Crippen molar-refractivity contribution in [2.75, 3.05) is 36.8 Å². The van der Waals surface area contributed by atoms with Crippen molar-refractivity contribution in [3.05, 3.63) is 35.8 Å². The van der Waals surface area contributed by atoms with Gasteiger partial charge < -0.3 is 25.6 Å². The van der Waals surface area contributed by atoms with Crippen LogP contribution in [0.25, 0.3) is 0 Å². The Labute approximate surface area is 144 Å². The summed E-state index contributed by atoms with van der Waals surface area (Å²) in [6.45, 7) is 3.05. The summed E-state index contributed by atoms with van der Waals surface area (Å²) >= 11 is 0. The lowest BCUT2D eigenvalue weighted by molar-refractivity contribution is -0.141. The first-order valence-electron chi connectivity index (χ1n) is 7.95. The maximum Gasteiger partial charge on any atom is 0.310 e. The Bertz CT molecular complexity index is 756. The van der Waals surface area contributed by atoms with E-state index in [1.54, 1.807) is 36.2 Å². The Morgan fingerprint density at radius 2 is 2.12 bits per heavy atom. The lowest BCUT2D eigenvalue weighted by atomic mass is 10.1. The van der Waals surface area contributed by atoms with E-state index < -0.39 is 11.9 Å². The largest absolute Gasteiger partial charge is 0.481 e. The minimum atomic E-state index is -0.949. The van der Waals surface area contributed by atoms with Crippen molar-refractivity contribution in [1.82, 2.24) is 19.9 Å². The first kappa shape index (κ1) is 16.7. The second-order valence-electron chi connectivity index (χ2n) is 6.04. The molecule has 0 spiro atoms. The quantitative estimate of drug-likeness (QED) is 0.733. The van der Waals surface area contributed by atoms with Gasteiger partial charge in [0.2, 0.25) is 5.95 Å². The summed E-state index contributed by atoms with van der Waals surface area (Å²) in [5.41, 5.74) is 6.86. The third-order valence-electron chi connectivity index (χ3n) is 4.17. The molecule has 9 nitrogen and oxygen atoms in total. The average Bonchev–Trinajstić information content (AvgIpc) is 2.98. The molecular formula is C16H20N6O3. The molecule has 1 fully saturated rings. The molecule has 1 saturated heterocycles. The topological polar surface area (TPSA) is 128 Å². The van der Waals surface area contributed by atoms with Gasteiger partial charge in [-0.25, -0.2) is 4.98 Å². The predicted molar refractivity (Wildman–Crippen MR) is 91.2 cm³/mol. The van der Waals surface area contributed by atoms with Crippen molar-refractivity contribution in [3.8, 4) is 0 Å². The van der Waals surface area contributed by atoms with Crippen LogP contribution in [0.2, 0.25) is 0 Å². The molecule has 0 radical (unpaired) electrons. The number of nitrogen functional groups attached to an aromatic ring is 1. The molecule has 2 aromatic heterocycles. The summed E-state index contributed by atoms with van der Waals surface area (Å²) < 4.78 is 0. The first-order chi connectivity index (χ1) is 11.9. The van der Waals surface area contributed by atoms with Crippen LogP contribution >= 0.6 is 0 Å². The number of aromatic nitrogens is 3. The Morgan fingerprint density at radius 3 is 2.76 bits per heavy atom. The normalized spacial score (nSPS) is 18.0. The van der Waals surface area contributed by atoms with Gasteiger partial charge >= 0.3 is 5.97 Å². The van der Waals surface area contributed by atoms with Crippen LogP contribution in [-0.4, -0.2) is 63.0 Å². The number of carbonyl (C=O) groups is 2. The third kappa shape index (κ3) is 3.70. The molecule has 1 aliphatic heterocycles. The van der Waals surface area contributed by atoms with Gasteiger partial charge in [0.15, 0.2) is 0 Å². The molecule has 9 heteroatoms. The number of rotatable bonds is 3. The van der Waals surface area contributed by atoms with Crippen LogP contribution < -0.4 is 10.6 Å². The van der Waals surface area contributed by atoms with E-state index in [9.17, 15) is 14.7 Å². The van der Waals surface area contributed by atoms with Gasteiger partial charge in [0.05, 0.1) is 5.92 Å². The van der Waals surface area contributed by atoms with Crippen LogP contribution in [0.1, 0.15) is 16.2 Å². The summed E-state index contributed by atoms with van der Waals surface area (Å²) in [6, 6.07) is 5.17. The number of H-pyrrole nitrogens is 1. The molecule has 2 aromatic rings. The van der Waals surface area contributed by atoms with E-state index in [0.717, 1.165) is 0 Å². The highest BCUT2D eigenvalue weighted by atomic mass is 16.4. The molecule has 1 aliphatic rings. The number of carbonyl (C=O) groups excluding carboxylic acids is 1. The van der Waals surface area contributed by atoms with Gasteiger partial charge in [0, 0.05) is 44.1 Å². The van der Waals surface area contributed by atoms with Crippen LogP contribution in [0.5, 0.6) is 0 Å². The van der Waals surface area contributed by atoms with E-state index in [-0.39, 0.29) is 24.9 Å². The van der Waals surface area contributed by atoms with Crippen LogP contribution in [-0.2, 0) is 4.79 Å². The zero-order valence-electron chi connectivity index (χ0n) is 13.8. The highest BCUT2D eigenvalue weighted by Crippen LogP contribution is 2.19. The second kappa shape index (κ2) is 6.80. The maximum absolute atomic E-state index is 12.6. The SMILES string of the molecule is Cc1cc(N2CCN(C(=O)c3ccc[nH]3)C[C@H](C(=O)O)C2)nc(N)n1. The standard InChI is InChI=1S/C16H20N6O3/c1-10-7-13(20-16(17)19-10)21-5-6-22(9-11(8-21)15(24)25)14(23)12-3-2-4-18-12/h2-4,7,11,18H,5-6,8-9H2,1H3,(H,24,25)(H2,17,19,20)/t11-/m1/s1. The first-order valence-corrected chi connectivity index (χ1v) is 7.95. The van der Waals surface area contributed by atoms with E-state index in [0.29, 0.717) is 30.3 Å². The smallest absolute Gasteiger partial charge is 0.310 e. The number of carboxylic acids is 1. The number of carboxylic acid groups (broad SMARTS) is 1. The molecule has 4 N–H and O–H groups in total. The second-order valence-corrected chi connectivity index (χ2v) is 6.04. The number of nitrogens with zero attached hydrogens (tertiary/aromatic N) is 4. The van der Waals surface area contributed by atoms with Gasteiger partial charge in [-0.15, -0.1) is 0 Å². The van der Waals surface area contributed by atoms with Crippen molar-refractivity contribution < 1.29 is 14.7 Å². The Kier molecular flexibility index (Phi) is 4.55. The minimum Gasteiger partial charge on any atom is -0.481 e. The van der Waals surface area contributed by atoms with Gasteiger partial charge in [-0.3, -0.25) is 9.59 Å². The number of hydrogen-bond acceptors (Lipinski definition) is 6. The van der Waals surface area contributed by atoms with Crippen LogP contribution in [0.15, 0.2) is 24.4 Å². The molecule has 1 amide bonds. The van der Waals surface area contributed by atoms with Gasteiger partial charge in [-0.05, 0) is 19.1 Å². The molecular weight excluding hydrogens is 324 g/mol. The lowest BCUT2D eigenvalue weighted by Gasteiger charge is -2.23. The number of nitrogens with two attached hydrogens (primary N) is 1. The maximum atomic E-state index is 12.6. The molecule has 0 aliphatic carbocycles. The van der Waals surface area contributed by atoms with Crippen LogP contribution in [0, 0.1) is 12.8 Å². The fourth-order valence-corrected chi connectivity index (χ4v) is 2.93. The molecule has 3 heterocycles. The Balaban J connectivity index is 1.85. The summed E-state index contributed by atoms with van der Waals surface area (Å²) in [5, 5.41) is 9.54. The monoisotopic (exact) mass is 344 g/mol. The number of aliphatic carboxylic acids is 1. The summed E-state index contributed by atoms with van der Waals surface area (Å²) in [4.78, 5) is 38.7. The van der Waals surface area contributed by atoms with Crippen LogP contribution in [0.3, 0.4) is 0 Å². The summed E-state index contributed by atoms with van der Waals surface area (Å²) in [6.07, 6.45) is 1.67. The van der Waals surface area contributed by atoms with Crippen molar-refractivity contribution in [2.24, 2.45) is 5.92 Å². The highest BCUT2D eigenvalue weighted by molar-refractivity contribution is 5.92. The van der Waals surface area contributed by atoms with Crippen molar-refractivity contribution >= 4 is 23.6 Å². The molecule has 132 valence electrons. The molecule has 0 bridgehead atoms. The number of nitrogens with one attached hydrogen (secondary N) is 1. The molecule has 1 atom stereocenters. The Hall–Kier alpha value is -3.10. The number of amides is 1. The summed E-state index contributed by atoms with van der Waals surface area (Å²) in [7, 11) is 0. The number of aromatic amines is 1. The predicted octanol–water partition coefficient (Wildman–Crippen LogP) is 0.359. The van der Waals surface area contributed by atoms with E-state index in [1.165, 1.54) is 0 Å². The molecule has 25 heavy (non-hydrogen) atoms. The molecule has 3 rings (SSSR count). The minimum absolute atomic E-state index is 0.142. The van der Waals surface area contributed by atoms with Crippen molar-refractivity contribution in [1.29, 1.82) is 0 Å². The van der Waals surface area contributed by atoms with Crippen molar-refractivity contribution in [2.45, 2.75) is 6.92 Å². The van der Waals surface area contributed by atoms with Crippen LogP contribution in [0.4, 0.5) is 11.8 Å². The Morgan fingerprint density at radius 1 is 1.32 bits per heavy atom. The molecule has 0 aromatic carbocycles. The van der Waals surface area contributed by atoms with Gasteiger partial charge in [0.1, 0.15) is 11.5 Å². The highest BCUT2D eigenvalue weighted by Gasteiger charge is 2.31. The average molecular weight is 344 g/mol. The van der Waals surface area contributed by atoms with E-state index in [4.69, 9.17) is 5.73 Å². The number of anilines is 2. The third-order valence-corrected chi connectivity index (χ3v) is 4.17. The van der Waals surface area contributed by atoms with Gasteiger partial charge in [0.25, 0.3) is 5.91 Å². The molecule has 0 unspecified atom stereocenters. The number of hydrogen-bond donors (Lipinski definition) is 3. The fraction of sp³-hybridized carbons (Fsp3) is 0.375. The van der Waals surface area contributed by atoms with E-state index in [2.05, 4.69) is 15.0 Å². The zero-order chi connectivity index (χ0) is 18.0. The number of aryl methyl sites for hydroxylation is 1. The van der Waals surface area contributed by atoms with Crippen molar-refractivity contribution in [3.63, 3.8) is 0 Å². The fourth-order valence-electron chi connectivity index (χ4n) is 2.93. The van der Waals surface area contributed by atoms with E-state index in [1.807, 2.05) is 4.90 Å². The molecule has 0 saturated carbocycles. The van der Waals surface area contributed by atoms with E-state index >= 15 is 0 Å². The lowest BCUT2D eigenvalue weighted by Crippen LogP contribution is -2.38. The zero-order valence-corrected chi connectivity index (χ0v) is 13.8.